The molecule has 1 aliphatic carbocycles. The lowest BCUT2D eigenvalue weighted by molar-refractivity contribution is -0.122. The monoisotopic (exact) mass is 296 g/mol. The maximum Gasteiger partial charge on any atom is 0.220 e. The minimum absolute atomic E-state index is 0.0574. The molecule has 1 aromatic rings. The Hall–Kier alpha value is -1.26. The van der Waals surface area contributed by atoms with Crippen LogP contribution in [0.25, 0.3) is 0 Å². The number of halogens is 1. The van der Waals surface area contributed by atoms with Gasteiger partial charge < -0.3 is 15.8 Å². The number of carbonyl (C=O) groups is 1. The molecular weight excluding hydrogens is 276 g/mol. The van der Waals surface area contributed by atoms with E-state index in [9.17, 15) is 4.79 Å². The van der Waals surface area contributed by atoms with Gasteiger partial charge >= 0.3 is 0 Å². The quantitative estimate of drug-likeness (QED) is 0.792. The molecule has 1 fully saturated rings. The number of carbonyl (C=O) groups excluding carboxylic acids is 1. The van der Waals surface area contributed by atoms with Crippen molar-refractivity contribution >= 4 is 17.5 Å². The summed E-state index contributed by atoms with van der Waals surface area (Å²) < 4.78 is 5.50. The van der Waals surface area contributed by atoms with Crippen LogP contribution in [0.4, 0.5) is 0 Å². The number of hydrogen-bond acceptors (Lipinski definition) is 3. The van der Waals surface area contributed by atoms with Crippen molar-refractivity contribution in [2.75, 3.05) is 13.2 Å². The predicted octanol–water partition coefficient (Wildman–Crippen LogP) is 2.35. The van der Waals surface area contributed by atoms with E-state index < -0.39 is 0 Å². The van der Waals surface area contributed by atoms with Crippen LogP contribution < -0.4 is 15.8 Å². The standard InChI is InChI=1S/C15H21ClN2O2/c16-12-4-2-5-13(10-12)20-8-7-18-15(19)9-11-3-1-6-14(11)17/h2,4-5,10-11,14H,1,3,6-9,17H2,(H,18,19)/t11-,14+/m0/s1. The van der Waals surface area contributed by atoms with Crippen LogP contribution in [0.5, 0.6) is 5.75 Å². The molecule has 2 atom stereocenters. The van der Waals surface area contributed by atoms with Gasteiger partial charge in [-0.05, 0) is 37.0 Å². The molecule has 0 saturated heterocycles. The van der Waals surface area contributed by atoms with Crippen LogP contribution in [0.1, 0.15) is 25.7 Å². The molecule has 1 aromatic carbocycles. The van der Waals surface area contributed by atoms with E-state index in [1.807, 2.05) is 12.1 Å². The molecule has 4 nitrogen and oxygen atoms in total. The first-order chi connectivity index (χ1) is 9.65. The van der Waals surface area contributed by atoms with Crippen LogP contribution >= 0.6 is 11.6 Å². The molecule has 1 saturated carbocycles. The van der Waals surface area contributed by atoms with Crippen molar-refractivity contribution in [3.63, 3.8) is 0 Å². The Labute approximate surface area is 124 Å². The van der Waals surface area contributed by atoms with Gasteiger partial charge in [0.25, 0.3) is 0 Å². The van der Waals surface area contributed by atoms with E-state index in [0.29, 0.717) is 36.3 Å². The number of nitrogens with two attached hydrogens (primary N) is 1. The van der Waals surface area contributed by atoms with Crippen LogP contribution in [-0.4, -0.2) is 25.1 Å². The Morgan fingerprint density at radius 3 is 3.00 bits per heavy atom. The van der Waals surface area contributed by atoms with Crippen molar-refractivity contribution < 1.29 is 9.53 Å². The highest BCUT2D eigenvalue weighted by Gasteiger charge is 2.25. The van der Waals surface area contributed by atoms with E-state index >= 15 is 0 Å². The van der Waals surface area contributed by atoms with Gasteiger partial charge in [-0.3, -0.25) is 4.79 Å². The average Bonchev–Trinajstić information content (AvgIpc) is 2.80. The summed E-state index contributed by atoms with van der Waals surface area (Å²) in [7, 11) is 0. The third-order valence-electron chi connectivity index (χ3n) is 3.65. The van der Waals surface area contributed by atoms with Crippen LogP contribution in [-0.2, 0) is 4.79 Å². The van der Waals surface area contributed by atoms with Crippen LogP contribution in [0.3, 0.4) is 0 Å². The van der Waals surface area contributed by atoms with Gasteiger partial charge in [-0.15, -0.1) is 0 Å². The third kappa shape index (κ3) is 4.69. The lowest BCUT2D eigenvalue weighted by Gasteiger charge is -2.14. The van der Waals surface area contributed by atoms with Gasteiger partial charge in [-0.25, -0.2) is 0 Å². The van der Waals surface area contributed by atoms with E-state index in [4.69, 9.17) is 22.1 Å². The molecule has 0 unspecified atom stereocenters. The number of rotatable bonds is 6. The van der Waals surface area contributed by atoms with Crippen molar-refractivity contribution in [2.24, 2.45) is 11.7 Å². The molecule has 0 aliphatic heterocycles. The van der Waals surface area contributed by atoms with E-state index in [1.54, 1.807) is 12.1 Å². The number of benzene rings is 1. The van der Waals surface area contributed by atoms with Gasteiger partial charge in [0.05, 0.1) is 6.54 Å². The number of hydrogen-bond donors (Lipinski definition) is 2. The summed E-state index contributed by atoms with van der Waals surface area (Å²) in [6, 6.07) is 7.40. The zero-order chi connectivity index (χ0) is 14.4. The van der Waals surface area contributed by atoms with Crippen molar-refractivity contribution in [1.82, 2.24) is 5.32 Å². The van der Waals surface area contributed by atoms with Gasteiger partial charge in [0.15, 0.2) is 0 Å². The second-order valence-electron chi connectivity index (χ2n) is 5.21. The first-order valence-electron chi connectivity index (χ1n) is 7.06. The maximum absolute atomic E-state index is 11.8. The molecular formula is C15H21ClN2O2. The summed E-state index contributed by atoms with van der Waals surface area (Å²) in [4.78, 5) is 11.8. The molecule has 1 aliphatic rings. The number of amides is 1. The maximum atomic E-state index is 11.8. The Bertz CT molecular complexity index is 453. The van der Waals surface area contributed by atoms with E-state index in [1.165, 1.54) is 0 Å². The highest BCUT2D eigenvalue weighted by Crippen LogP contribution is 2.26. The smallest absolute Gasteiger partial charge is 0.220 e. The Kier molecular flexibility index (Phi) is 5.68. The molecule has 2 rings (SSSR count). The molecule has 0 bridgehead atoms. The zero-order valence-corrected chi connectivity index (χ0v) is 12.2. The topological polar surface area (TPSA) is 64.4 Å². The number of ether oxygens (including phenoxy) is 1. The molecule has 0 spiro atoms. The summed E-state index contributed by atoms with van der Waals surface area (Å²) in [6.45, 7) is 0.927. The summed E-state index contributed by atoms with van der Waals surface area (Å²) in [5, 5.41) is 3.50. The lowest BCUT2D eigenvalue weighted by Crippen LogP contribution is -2.33. The molecule has 0 radical (unpaired) electrons. The SMILES string of the molecule is N[C@@H]1CCC[C@H]1CC(=O)NCCOc1cccc(Cl)c1. The summed E-state index contributed by atoms with van der Waals surface area (Å²) in [5.74, 6) is 1.11. The van der Waals surface area contributed by atoms with E-state index in [2.05, 4.69) is 5.32 Å². The molecule has 0 heterocycles. The fraction of sp³-hybridized carbons (Fsp3) is 0.533. The van der Waals surface area contributed by atoms with Crippen molar-refractivity contribution in [3.8, 4) is 5.75 Å². The Morgan fingerprint density at radius 2 is 2.30 bits per heavy atom. The fourth-order valence-electron chi connectivity index (χ4n) is 2.55. The minimum Gasteiger partial charge on any atom is -0.492 e. The second kappa shape index (κ2) is 7.50. The van der Waals surface area contributed by atoms with Crippen LogP contribution in [0.2, 0.25) is 5.02 Å². The number of nitrogens with one attached hydrogen (secondary N) is 1. The van der Waals surface area contributed by atoms with Crippen LogP contribution in [0.15, 0.2) is 24.3 Å². The summed E-state index contributed by atoms with van der Waals surface area (Å²) >= 11 is 5.86. The largest absolute Gasteiger partial charge is 0.492 e. The van der Waals surface area contributed by atoms with Crippen molar-refractivity contribution in [1.29, 1.82) is 0 Å². The Morgan fingerprint density at radius 1 is 1.45 bits per heavy atom. The summed E-state index contributed by atoms with van der Waals surface area (Å²) in [6.07, 6.45) is 3.76. The first-order valence-corrected chi connectivity index (χ1v) is 7.43. The van der Waals surface area contributed by atoms with Gasteiger partial charge in [-0.1, -0.05) is 24.1 Å². The van der Waals surface area contributed by atoms with E-state index in [-0.39, 0.29) is 11.9 Å². The lowest BCUT2D eigenvalue weighted by atomic mass is 10.00. The van der Waals surface area contributed by atoms with Crippen molar-refractivity contribution in [3.05, 3.63) is 29.3 Å². The minimum atomic E-state index is 0.0574. The van der Waals surface area contributed by atoms with Crippen molar-refractivity contribution in [2.45, 2.75) is 31.7 Å². The predicted molar refractivity (Wildman–Crippen MR) is 79.9 cm³/mol. The van der Waals surface area contributed by atoms with Gasteiger partial charge in [0, 0.05) is 17.5 Å². The third-order valence-corrected chi connectivity index (χ3v) is 3.89. The van der Waals surface area contributed by atoms with Gasteiger partial charge in [0.2, 0.25) is 5.91 Å². The Balaban J connectivity index is 1.62. The highest BCUT2D eigenvalue weighted by atomic mass is 35.5. The van der Waals surface area contributed by atoms with Gasteiger partial charge in [0.1, 0.15) is 12.4 Å². The molecule has 0 aromatic heterocycles. The zero-order valence-electron chi connectivity index (χ0n) is 11.5. The highest BCUT2D eigenvalue weighted by molar-refractivity contribution is 6.30. The average molecular weight is 297 g/mol. The van der Waals surface area contributed by atoms with E-state index in [0.717, 1.165) is 19.3 Å². The molecule has 110 valence electrons. The van der Waals surface area contributed by atoms with Gasteiger partial charge in [-0.2, -0.15) is 0 Å². The molecule has 3 N–H and O–H groups in total. The molecule has 20 heavy (non-hydrogen) atoms. The second-order valence-corrected chi connectivity index (χ2v) is 5.65. The van der Waals surface area contributed by atoms with Crippen LogP contribution in [0, 0.1) is 5.92 Å². The first kappa shape index (κ1) is 15.1. The molecule has 5 heteroatoms. The summed E-state index contributed by atoms with van der Waals surface area (Å²) in [5.41, 5.74) is 5.96. The molecule has 1 amide bonds. The fourth-order valence-corrected chi connectivity index (χ4v) is 2.73. The normalized spacial score (nSPS) is 21.7.